The van der Waals surface area contributed by atoms with Crippen molar-refractivity contribution < 1.29 is 9.18 Å². The Labute approximate surface area is 148 Å². The first-order valence-corrected chi connectivity index (χ1v) is 8.68. The molecule has 0 radical (unpaired) electrons. The first-order valence-electron chi connectivity index (χ1n) is 8.68. The lowest BCUT2D eigenvalue weighted by Gasteiger charge is -2.36. The number of hydrogen-bond donors (Lipinski definition) is 0. The number of carbonyl (C=O) groups excluding carboxylic acids is 1. The predicted octanol–water partition coefficient (Wildman–Crippen LogP) is 3.00. The van der Waals surface area contributed by atoms with Gasteiger partial charge in [-0.25, -0.2) is 4.39 Å². The van der Waals surface area contributed by atoms with Crippen LogP contribution in [0.5, 0.6) is 0 Å². The van der Waals surface area contributed by atoms with E-state index in [1.165, 1.54) is 12.1 Å². The molecule has 1 amide bonds. The van der Waals surface area contributed by atoms with E-state index in [2.05, 4.69) is 9.80 Å². The minimum atomic E-state index is -0.205. The number of benzene rings is 2. The zero-order valence-electron chi connectivity index (χ0n) is 14.6. The summed E-state index contributed by atoms with van der Waals surface area (Å²) in [4.78, 5) is 18.6. The van der Waals surface area contributed by atoms with Crippen molar-refractivity contribution in [1.29, 1.82) is 0 Å². The number of carbonyl (C=O) groups is 1. The van der Waals surface area contributed by atoms with Crippen molar-refractivity contribution in [3.05, 3.63) is 60.4 Å². The Hall–Kier alpha value is -2.40. The summed E-state index contributed by atoms with van der Waals surface area (Å²) in [5, 5.41) is 0. The Morgan fingerprint density at radius 1 is 1.00 bits per heavy atom. The van der Waals surface area contributed by atoms with Gasteiger partial charge in [-0.1, -0.05) is 18.2 Å². The number of amides is 1. The summed E-state index contributed by atoms with van der Waals surface area (Å²) in [7, 11) is 1.82. The molecule has 4 nitrogen and oxygen atoms in total. The summed E-state index contributed by atoms with van der Waals surface area (Å²) in [6.07, 6.45) is 0.516. The molecule has 25 heavy (non-hydrogen) atoms. The number of piperazine rings is 1. The quantitative estimate of drug-likeness (QED) is 0.836. The van der Waals surface area contributed by atoms with E-state index >= 15 is 0 Å². The Bertz CT molecular complexity index is 682. The minimum Gasteiger partial charge on any atom is -0.369 e. The highest BCUT2D eigenvalue weighted by molar-refractivity contribution is 5.92. The van der Waals surface area contributed by atoms with Gasteiger partial charge in [0, 0.05) is 57.6 Å². The number of hydrogen-bond acceptors (Lipinski definition) is 3. The molecule has 0 bridgehead atoms. The number of rotatable bonds is 5. The highest BCUT2D eigenvalue weighted by Gasteiger charge is 2.19. The third kappa shape index (κ3) is 4.57. The Morgan fingerprint density at radius 3 is 2.28 bits per heavy atom. The topological polar surface area (TPSA) is 26.8 Å². The van der Waals surface area contributed by atoms with Crippen LogP contribution in [0, 0.1) is 5.82 Å². The zero-order valence-corrected chi connectivity index (χ0v) is 14.6. The Kier molecular flexibility index (Phi) is 5.66. The van der Waals surface area contributed by atoms with Crippen LogP contribution in [0.1, 0.15) is 6.42 Å². The van der Waals surface area contributed by atoms with Gasteiger partial charge in [-0.05, 0) is 36.4 Å². The average molecular weight is 341 g/mol. The second-order valence-corrected chi connectivity index (χ2v) is 6.34. The maximum Gasteiger partial charge on any atom is 0.228 e. The van der Waals surface area contributed by atoms with Crippen molar-refractivity contribution in [3.8, 4) is 0 Å². The second-order valence-electron chi connectivity index (χ2n) is 6.34. The van der Waals surface area contributed by atoms with Crippen LogP contribution >= 0.6 is 0 Å². The van der Waals surface area contributed by atoms with Crippen molar-refractivity contribution >= 4 is 17.3 Å². The molecular formula is C20H24FN3O. The fourth-order valence-electron chi connectivity index (χ4n) is 3.10. The molecule has 0 saturated carbocycles. The molecule has 2 aromatic rings. The minimum absolute atomic E-state index is 0.132. The molecule has 1 heterocycles. The normalized spacial score (nSPS) is 15.2. The van der Waals surface area contributed by atoms with E-state index in [0.29, 0.717) is 6.42 Å². The molecule has 5 heteroatoms. The summed E-state index contributed by atoms with van der Waals surface area (Å²) >= 11 is 0. The SMILES string of the molecule is CN(C(=O)CCN1CCN(c2ccc(F)cc2)CC1)c1ccccc1. The van der Waals surface area contributed by atoms with Crippen LogP contribution in [0.15, 0.2) is 54.6 Å². The first-order chi connectivity index (χ1) is 12.1. The van der Waals surface area contributed by atoms with Gasteiger partial charge in [-0.15, -0.1) is 0 Å². The lowest BCUT2D eigenvalue weighted by atomic mass is 10.2. The molecule has 2 aromatic carbocycles. The smallest absolute Gasteiger partial charge is 0.228 e. The average Bonchev–Trinajstić information content (AvgIpc) is 2.67. The van der Waals surface area contributed by atoms with E-state index in [1.807, 2.05) is 49.5 Å². The zero-order chi connectivity index (χ0) is 17.6. The molecule has 0 aromatic heterocycles. The lowest BCUT2D eigenvalue weighted by molar-refractivity contribution is -0.118. The molecule has 1 saturated heterocycles. The van der Waals surface area contributed by atoms with Gasteiger partial charge in [0.25, 0.3) is 0 Å². The number of para-hydroxylation sites is 1. The molecule has 1 fully saturated rings. The number of nitrogens with zero attached hydrogens (tertiary/aromatic N) is 3. The van der Waals surface area contributed by atoms with Crippen molar-refractivity contribution in [2.75, 3.05) is 49.6 Å². The fraction of sp³-hybridized carbons (Fsp3) is 0.350. The van der Waals surface area contributed by atoms with E-state index < -0.39 is 0 Å². The third-order valence-corrected chi connectivity index (χ3v) is 4.72. The molecule has 0 atom stereocenters. The van der Waals surface area contributed by atoms with E-state index in [4.69, 9.17) is 0 Å². The van der Waals surface area contributed by atoms with Gasteiger partial charge in [0.2, 0.25) is 5.91 Å². The van der Waals surface area contributed by atoms with Gasteiger partial charge in [0.1, 0.15) is 5.82 Å². The molecule has 1 aliphatic rings. The summed E-state index contributed by atoms with van der Waals surface area (Å²) in [6.45, 7) is 4.40. The maximum absolute atomic E-state index is 13.0. The highest BCUT2D eigenvalue weighted by atomic mass is 19.1. The largest absolute Gasteiger partial charge is 0.369 e. The maximum atomic E-state index is 13.0. The van der Waals surface area contributed by atoms with E-state index in [-0.39, 0.29) is 11.7 Å². The van der Waals surface area contributed by atoms with Crippen LogP contribution in [0.25, 0.3) is 0 Å². The summed E-state index contributed by atoms with van der Waals surface area (Å²) < 4.78 is 13.0. The van der Waals surface area contributed by atoms with Crippen LogP contribution in [-0.4, -0.2) is 50.6 Å². The predicted molar refractivity (Wildman–Crippen MR) is 99.5 cm³/mol. The van der Waals surface area contributed by atoms with E-state index in [0.717, 1.165) is 44.1 Å². The first kappa shape index (κ1) is 17.4. The van der Waals surface area contributed by atoms with Crippen LogP contribution in [0.3, 0.4) is 0 Å². The van der Waals surface area contributed by atoms with Crippen LogP contribution in [0.2, 0.25) is 0 Å². The van der Waals surface area contributed by atoms with Crippen LogP contribution in [-0.2, 0) is 4.79 Å². The van der Waals surface area contributed by atoms with Gasteiger partial charge < -0.3 is 9.80 Å². The highest BCUT2D eigenvalue weighted by Crippen LogP contribution is 2.17. The molecule has 0 aliphatic carbocycles. The molecular weight excluding hydrogens is 317 g/mol. The second kappa shape index (κ2) is 8.12. The van der Waals surface area contributed by atoms with Crippen molar-refractivity contribution in [1.82, 2.24) is 4.90 Å². The summed E-state index contributed by atoms with van der Waals surface area (Å²) in [5.41, 5.74) is 1.98. The molecule has 0 unspecified atom stereocenters. The molecule has 132 valence electrons. The Morgan fingerprint density at radius 2 is 1.64 bits per heavy atom. The van der Waals surface area contributed by atoms with Crippen molar-refractivity contribution in [3.63, 3.8) is 0 Å². The third-order valence-electron chi connectivity index (χ3n) is 4.72. The van der Waals surface area contributed by atoms with Crippen LogP contribution < -0.4 is 9.80 Å². The lowest BCUT2D eigenvalue weighted by Crippen LogP contribution is -2.47. The van der Waals surface area contributed by atoms with Crippen LogP contribution in [0.4, 0.5) is 15.8 Å². The van der Waals surface area contributed by atoms with Gasteiger partial charge in [-0.2, -0.15) is 0 Å². The van der Waals surface area contributed by atoms with Gasteiger partial charge in [-0.3, -0.25) is 9.69 Å². The molecule has 1 aliphatic heterocycles. The van der Waals surface area contributed by atoms with E-state index in [9.17, 15) is 9.18 Å². The monoisotopic (exact) mass is 341 g/mol. The standard InChI is InChI=1S/C20H24FN3O/c1-22(18-5-3-2-4-6-18)20(25)11-12-23-13-15-24(16-14-23)19-9-7-17(21)8-10-19/h2-10H,11-16H2,1H3. The van der Waals surface area contributed by atoms with Gasteiger partial charge >= 0.3 is 0 Å². The number of halogens is 1. The van der Waals surface area contributed by atoms with Crippen molar-refractivity contribution in [2.45, 2.75) is 6.42 Å². The van der Waals surface area contributed by atoms with Gasteiger partial charge in [0.15, 0.2) is 0 Å². The summed E-state index contributed by atoms with van der Waals surface area (Å²) in [6, 6.07) is 16.4. The Balaban J connectivity index is 1.44. The van der Waals surface area contributed by atoms with E-state index in [1.54, 1.807) is 4.90 Å². The van der Waals surface area contributed by atoms with Crippen molar-refractivity contribution in [2.24, 2.45) is 0 Å². The van der Waals surface area contributed by atoms with Gasteiger partial charge in [0.05, 0.1) is 0 Å². The summed E-state index contributed by atoms with van der Waals surface area (Å²) in [5.74, 6) is -0.0735. The molecule has 0 N–H and O–H groups in total. The molecule has 0 spiro atoms. The molecule has 3 rings (SSSR count). The number of anilines is 2. The fourth-order valence-corrected chi connectivity index (χ4v) is 3.10.